The summed E-state index contributed by atoms with van der Waals surface area (Å²) < 4.78 is 13.5. The number of carbonyl (C=O) groups is 1. The second-order valence-corrected chi connectivity index (χ2v) is 8.58. The molecule has 1 aromatic carbocycles. The van der Waals surface area contributed by atoms with Crippen molar-refractivity contribution in [2.75, 3.05) is 6.54 Å². The van der Waals surface area contributed by atoms with E-state index in [9.17, 15) is 9.18 Å². The van der Waals surface area contributed by atoms with E-state index in [0.717, 1.165) is 34.7 Å². The normalized spacial score (nSPS) is 20.3. The Morgan fingerprint density at radius 3 is 2.85 bits per heavy atom. The second kappa shape index (κ2) is 8.31. The van der Waals surface area contributed by atoms with E-state index in [1.807, 2.05) is 17.0 Å². The van der Waals surface area contributed by atoms with Crippen LogP contribution in [0.4, 0.5) is 4.39 Å². The maximum Gasteiger partial charge on any atom is 0.226 e. The first-order chi connectivity index (χ1) is 12.4. The van der Waals surface area contributed by atoms with Crippen molar-refractivity contribution in [3.05, 3.63) is 47.1 Å². The van der Waals surface area contributed by atoms with Crippen LogP contribution in [0, 0.1) is 11.7 Å². The van der Waals surface area contributed by atoms with Crippen molar-refractivity contribution in [3.8, 4) is 10.4 Å². The lowest BCUT2D eigenvalue weighted by Crippen LogP contribution is -2.46. The number of rotatable bonds is 5. The molecular formula is C21H27FN2OS. The molecule has 1 aliphatic heterocycles. The first-order valence-electron chi connectivity index (χ1n) is 9.32. The molecule has 0 saturated carbocycles. The first-order valence-corrected chi connectivity index (χ1v) is 10.1. The summed E-state index contributed by atoms with van der Waals surface area (Å²) in [6, 6.07) is 11.3. The van der Waals surface area contributed by atoms with Crippen LogP contribution in [0.3, 0.4) is 0 Å². The van der Waals surface area contributed by atoms with Gasteiger partial charge in [0, 0.05) is 27.8 Å². The van der Waals surface area contributed by atoms with Crippen LogP contribution in [0.1, 0.15) is 38.5 Å². The summed E-state index contributed by atoms with van der Waals surface area (Å²) in [6.45, 7) is 7.82. The number of thiophene rings is 1. The van der Waals surface area contributed by atoms with Crippen LogP contribution in [-0.4, -0.2) is 29.4 Å². The Bertz CT molecular complexity index is 758. The number of nitrogens with one attached hydrogen (secondary N) is 1. The molecule has 0 radical (unpaired) electrons. The van der Waals surface area contributed by atoms with Gasteiger partial charge < -0.3 is 10.2 Å². The smallest absolute Gasteiger partial charge is 0.226 e. The average Bonchev–Trinajstić information content (AvgIpc) is 3.07. The summed E-state index contributed by atoms with van der Waals surface area (Å²) in [5.74, 6) is 0.141. The Morgan fingerprint density at radius 1 is 1.35 bits per heavy atom. The standard InChI is InChI=1S/C21H27FN2OS/c1-14(2)24(21(25)17-9-10-23-15(3)11-17)13-19-7-8-20(26-19)16-5-4-6-18(22)12-16/h4-8,12,14-15,17,23H,9-11,13H2,1-3H3/t15-,17-/m0/s1. The van der Waals surface area contributed by atoms with Crippen molar-refractivity contribution in [3.63, 3.8) is 0 Å². The number of amides is 1. The van der Waals surface area contributed by atoms with Gasteiger partial charge in [0.2, 0.25) is 5.91 Å². The first kappa shape index (κ1) is 19.1. The molecule has 2 aromatic rings. The van der Waals surface area contributed by atoms with Gasteiger partial charge >= 0.3 is 0 Å². The third kappa shape index (κ3) is 4.51. The van der Waals surface area contributed by atoms with E-state index in [1.54, 1.807) is 23.5 Å². The number of carbonyl (C=O) groups excluding carboxylic acids is 1. The van der Waals surface area contributed by atoms with Crippen molar-refractivity contribution in [1.82, 2.24) is 10.2 Å². The van der Waals surface area contributed by atoms with Gasteiger partial charge in [-0.15, -0.1) is 11.3 Å². The highest BCUT2D eigenvalue weighted by Crippen LogP contribution is 2.30. The van der Waals surface area contributed by atoms with Crippen LogP contribution in [0.2, 0.25) is 0 Å². The summed E-state index contributed by atoms with van der Waals surface area (Å²) >= 11 is 1.63. The molecule has 140 valence electrons. The zero-order chi connectivity index (χ0) is 18.7. The predicted molar refractivity (Wildman–Crippen MR) is 106 cm³/mol. The van der Waals surface area contributed by atoms with Gasteiger partial charge in [0.05, 0.1) is 6.54 Å². The highest BCUT2D eigenvalue weighted by Gasteiger charge is 2.30. The minimum absolute atomic E-state index is 0.108. The van der Waals surface area contributed by atoms with E-state index in [-0.39, 0.29) is 23.7 Å². The molecule has 0 bridgehead atoms. The van der Waals surface area contributed by atoms with Crippen LogP contribution >= 0.6 is 11.3 Å². The SMILES string of the molecule is CC(C)N(Cc1ccc(-c2cccc(F)c2)s1)C(=O)[C@H]1CCN[C@@H](C)C1. The molecule has 1 fully saturated rings. The zero-order valence-corrected chi connectivity index (χ0v) is 16.5. The molecule has 1 N–H and O–H groups in total. The predicted octanol–water partition coefficient (Wildman–Crippen LogP) is 4.68. The van der Waals surface area contributed by atoms with Crippen LogP contribution in [-0.2, 0) is 11.3 Å². The molecule has 0 aliphatic carbocycles. The molecule has 1 aromatic heterocycles. The third-order valence-electron chi connectivity index (χ3n) is 4.98. The van der Waals surface area contributed by atoms with E-state index in [0.29, 0.717) is 12.6 Å². The van der Waals surface area contributed by atoms with E-state index in [1.165, 1.54) is 6.07 Å². The van der Waals surface area contributed by atoms with Gasteiger partial charge in [-0.05, 0) is 70.0 Å². The molecule has 1 amide bonds. The number of hydrogen-bond donors (Lipinski definition) is 1. The summed E-state index contributed by atoms with van der Waals surface area (Å²) in [7, 11) is 0. The van der Waals surface area contributed by atoms with Crippen molar-refractivity contribution in [1.29, 1.82) is 0 Å². The van der Waals surface area contributed by atoms with E-state index in [2.05, 4.69) is 32.2 Å². The van der Waals surface area contributed by atoms with Gasteiger partial charge in [-0.3, -0.25) is 4.79 Å². The van der Waals surface area contributed by atoms with Crippen molar-refractivity contribution in [2.45, 2.75) is 52.2 Å². The van der Waals surface area contributed by atoms with Gasteiger partial charge in [-0.2, -0.15) is 0 Å². The molecule has 1 saturated heterocycles. The Kier molecular flexibility index (Phi) is 6.09. The minimum atomic E-state index is -0.225. The minimum Gasteiger partial charge on any atom is -0.335 e. The van der Waals surface area contributed by atoms with Crippen molar-refractivity contribution in [2.24, 2.45) is 5.92 Å². The second-order valence-electron chi connectivity index (χ2n) is 7.41. The topological polar surface area (TPSA) is 32.3 Å². The molecule has 0 spiro atoms. The zero-order valence-electron chi connectivity index (χ0n) is 15.7. The maximum atomic E-state index is 13.5. The highest BCUT2D eigenvalue weighted by atomic mass is 32.1. The van der Waals surface area contributed by atoms with Crippen LogP contribution < -0.4 is 5.32 Å². The quantitative estimate of drug-likeness (QED) is 0.824. The Hall–Kier alpha value is -1.72. The number of hydrogen-bond acceptors (Lipinski definition) is 3. The van der Waals surface area contributed by atoms with Crippen molar-refractivity contribution < 1.29 is 9.18 Å². The van der Waals surface area contributed by atoms with Gasteiger partial charge in [0.1, 0.15) is 5.82 Å². The molecule has 1 aliphatic rings. The maximum absolute atomic E-state index is 13.5. The Morgan fingerprint density at radius 2 is 2.15 bits per heavy atom. The summed E-state index contributed by atoms with van der Waals surface area (Å²) in [5.41, 5.74) is 0.885. The van der Waals surface area contributed by atoms with Gasteiger partial charge in [0.15, 0.2) is 0 Å². The van der Waals surface area contributed by atoms with Crippen LogP contribution in [0.5, 0.6) is 0 Å². The van der Waals surface area contributed by atoms with Crippen LogP contribution in [0.15, 0.2) is 36.4 Å². The van der Waals surface area contributed by atoms with E-state index < -0.39 is 0 Å². The summed E-state index contributed by atoms with van der Waals surface area (Å²) in [5, 5.41) is 3.41. The fourth-order valence-corrected chi connectivity index (χ4v) is 4.54. The Balaban J connectivity index is 1.73. The van der Waals surface area contributed by atoms with E-state index >= 15 is 0 Å². The van der Waals surface area contributed by atoms with Crippen LogP contribution in [0.25, 0.3) is 10.4 Å². The van der Waals surface area contributed by atoms with E-state index in [4.69, 9.17) is 0 Å². The Labute approximate surface area is 159 Å². The molecule has 2 heterocycles. The largest absolute Gasteiger partial charge is 0.335 e. The molecule has 2 atom stereocenters. The van der Waals surface area contributed by atoms with Gasteiger partial charge in [0.25, 0.3) is 0 Å². The summed E-state index contributed by atoms with van der Waals surface area (Å²) in [6.07, 6.45) is 1.81. The lowest BCUT2D eigenvalue weighted by molar-refractivity contribution is -0.139. The van der Waals surface area contributed by atoms with Gasteiger partial charge in [-0.1, -0.05) is 12.1 Å². The molecule has 26 heavy (non-hydrogen) atoms. The average molecular weight is 375 g/mol. The highest BCUT2D eigenvalue weighted by molar-refractivity contribution is 7.15. The van der Waals surface area contributed by atoms with Gasteiger partial charge in [-0.25, -0.2) is 4.39 Å². The fraction of sp³-hybridized carbons (Fsp3) is 0.476. The molecular weight excluding hydrogens is 347 g/mol. The lowest BCUT2D eigenvalue weighted by atomic mass is 9.91. The molecule has 3 nitrogen and oxygen atoms in total. The monoisotopic (exact) mass is 374 g/mol. The molecule has 3 rings (SSSR count). The number of benzene rings is 1. The molecule has 0 unspecified atom stereocenters. The fourth-order valence-electron chi connectivity index (χ4n) is 3.53. The lowest BCUT2D eigenvalue weighted by Gasteiger charge is -2.34. The molecule has 5 heteroatoms. The summed E-state index contributed by atoms with van der Waals surface area (Å²) in [4.78, 5) is 17.2. The third-order valence-corrected chi connectivity index (χ3v) is 6.10. The number of nitrogens with zero attached hydrogens (tertiary/aromatic N) is 1. The van der Waals surface area contributed by atoms with Crippen molar-refractivity contribution >= 4 is 17.2 Å². The number of halogens is 1. The number of piperidine rings is 1.